The van der Waals surface area contributed by atoms with Gasteiger partial charge in [-0.05, 0) is 111 Å². The molecular formula is C34H54O7. The van der Waals surface area contributed by atoms with Crippen molar-refractivity contribution in [3.63, 3.8) is 0 Å². The highest BCUT2D eigenvalue weighted by molar-refractivity contribution is 5.76. The fraction of sp³-hybridized carbons (Fsp3) is 0.912. The summed E-state index contributed by atoms with van der Waals surface area (Å²) in [6.45, 7) is 14.0. The van der Waals surface area contributed by atoms with Crippen LogP contribution in [0.25, 0.3) is 0 Å². The predicted molar refractivity (Wildman–Crippen MR) is 155 cm³/mol. The molecule has 4 N–H and O–H groups in total. The van der Waals surface area contributed by atoms with E-state index in [9.17, 15) is 25.2 Å². The van der Waals surface area contributed by atoms with Gasteiger partial charge in [0.05, 0.1) is 29.8 Å². The zero-order valence-electron chi connectivity index (χ0n) is 26.1. The third-order valence-corrected chi connectivity index (χ3v) is 14.3. The van der Waals surface area contributed by atoms with Crippen LogP contribution in [0.15, 0.2) is 11.6 Å². The van der Waals surface area contributed by atoms with Gasteiger partial charge in [0, 0.05) is 6.42 Å². The normalized spacial score (nSPS) is 54.6. The molecule has 0 aromatic carbocycles. The first-order valence-electron chi connectivity index (χ1n) is 16.3. The molecule has 5 fully saturated rings. The summed E-state index contributed by atoms with van der Waals surface area (Å²) in [5, 5.41) is 42.7. The van der Waals surface area contributed by atoms with E-state index >= 15 is 0 Å². The van der Waals surface area contributed by atoms with Gasteiger partial charge < -0.3 is 29.9 Å². The van der Waals surface area contributed by atoms with Crippen LogP contribution in [0.5, 0.6) is 0 Å². The fourth-order valence-corrected chi connectivity index (χ4v) is 11.5. The maximum Gasteiger partial charge on any atom is 0.310 e. The van der Waals surface area contributed by atoms with Crippen LogP contribution in [0.2, 0.25) is 0 Å². The molecule has 0 aromatic rings. The van der Waals surface area contributed by atoms with E-state index in [1.54, 1.807) is 0 Å². The second kappa shape index (κ2) is 9.50. The Morgan fingerprint density at radius 2 is 1.63 bits per heavy atom. The molecule has 1 aliphatic heterocycles. The second-order valence-electron chi connectivity index (χ2n) is 16.7. The quantitative estimate of drug-likeness (QED) is 0.262. The number of carboxylic acid groups (broad SMARTS) is 1. The van der Waals surface area contributed by atoms with Gasteiger partial charge >= 0.3 is 5.97 Å². The molecule has 11 unspecified atom stereocenters. The highest BCUT2D eigenvalue weighted by atomic mass is 16.7. The van der Waals surface area contributed by atoms with Gasteiger partial charge in [-0.2, -0.15) is 0 Å². The highest BCUT2D eigenvalue weighted by Crippen LogP contribution is 2.75. The SMILES string of the molecule is CC1(C)CCC2(C(=O)O)CC[C@]3(C)C(=CCC4C5(C)CCC(OC6CC(O)C(O)CO6)C(C)(O)C5CCC43C)C2C1. The maximum absolute atomic E-state index is 12.9. The van der Waals surface area contributed by atoms with Gasteiger partial charge in [0.1, 0.15) is 6.10 Å². The second-order valence-corrected chi connectivity index (χ2v) is 16.7. The predicted octanol–water partition coefficient (Wildman–Crippen LogP) is 5.45. The van der Waals surface area contributed by atoms with E-state index in [1.807, 2.05) is 6.92 Å². The number of hydrogen-bond donors (Lipinski definition) is 4. The summed E-state index contributed by atoms with van der Waals surface area (Å²) in [5.41, 5.74) is -0.178. The number of allylic oxidation sites excluding steroid dienone is 2. The molecule has 232 valence electrons. The summed E-state index contributed by atoms with van der Waals surface area (Å²) in [6, 6.07) is 0. The number of hydrogen-bond acceptors (Lipinski definition) is 6. The number of carboxylic acids is 1. The lowest BCUT2D eigenvalue weighted by Gasteiger charge is -2.71. The molecule has 0 aromatic heterocycles. The average Bonchev–Trinajstić information content (AvgIpc) is 2.88. The number of aliphatic carboxylic acids is 1. The lowest BCUT2D eigenvalue weighted by Crippen LogP contribution is -2.67. The number of aliphatic hydroxyl groups is 3. The third-order valence-electron chi connectivity index (χ3n) is 14.3. The van der Waals surface area contributed by atoms with Gasteiger partial charge in [-0.25, -0.2) is 0 Å². The van der Waals surface area contributed by atoms with Gasteiger partial charge in [-0.1, -0.05) is 46.3 Å². The molecular weight excluding hydrogens is 520 g/mol. The van der Waals surface area contributed by atoms with E-state index < -0.39 is 41.6 Å². The first-order valence-corrected chi connectivity index (χ1v) is 16.3. The van der Waals surface area contributed by atoms with Crippen molar-refractivity contribution in [3.8, 4) is 0 Å². The van der Waals surface area contributed by atoms with Gasteiger partial charge in [-0.15, -0.1) is 0 Å². The number of aliphatic hydroxyl groups excluding tert-OH is 2. The van der Waals surface area contributed by atoms with Crippen LogP contribution >= 0.6 is 0 Å². The molecule has 1 heterocycles. The van der Waals surface area contributed by atoms with E-state index in [-0.39, 0.29) is 46.5 Å². The minimum absolute atomic E-state index is 0.0328. The summed E-state index contributed by atoms with van der Waals surface area (Å²) in [6.07, 6.45) is 8.80. The Morgan fingerprint density at radius 3 is 2.32 bits per heavy atom. The number of rotatable bonds is 3. The minimum Gasteiger partial charge on any atom is -0.481 e. The van der Waals surface area contributed by atoms with Crippen molar-refractivity contribution < 1.29 is 34.7 Å². The molecule has 7 heteroatoms. The van der Waals surface area contributed by atoms with Crippen molar-refractivity contribution >= 4 is 5.97 Å². The zero-order valence-corrected chi connectivity index (χ0v) is 26.1. The van der Waals surface area contributed by atoms with E-state index in [4.69, 9.17) is 9.47 Å². The standard InChI is InChI=1S/C34H54O7/c1-29(2)13-15-34(28(37)38)16-14-31(4)20(21(34)18-29)7-8-24-30(3)11-10-26(41-27-17-22(35)23(36)19-40-27)33(6,39)25(30)9-12-32(24,31)5/h7,21-27,35-36,39H,8-19H2,1-6H3,(H,37,38)/t21?,22?,23?,24?,25?,26?,27?,30?,31-,32?,33?,34?/m1/s1. The maximum atomic E-state index is 12.9. The summed E-state index contributed by atoms with van der Waals surface area (Å²) in [4.78, 5) is 12.9. The van der Waals surface area contributed by atoms with Crippen LogP contribution in [-0.4, -0.2) is 63.2 Å². The minimum atomic E-state index is -1.04. The monoisotopic (exact) mass is 574 g/mol. The molecule has 41 heavy (non-hydrogen) atoms. The Labute approximate surface area is 246 Å². The number of ether oxygens (including phenoxy) is 2. The van der Waals surface area contributed by atoms with Crippen molar-refractivity contribution in [1.82, 2.24) is 0 Å². The van der Waals surface area contributed by atoms with Crippen LogP contribution < -0.4 is 0 Å². The number of carbonyl (C=O) groups is 1. The van der Waals surface area contributed by atoms with Gasteiger partial charge in [0.15, 0.2) is 6.29 Å². The first kappa shape index (κ1) is 30.1. The molecule has 7 nitrogen and oxygen atoms in total. The van der Waals surface area contributed by atoms with E-state index in [2.05, 4.69) is 40.7 Å². The van der Waals surface area contributed by atoms with Crippen molar-refractivity contribution in [2.75, 3.05) is 6.61 Å². The van der Waals surface area contributed by atoms with Crippen LogP contribution in [-0.2, 0) is 14.3 Å². The third kappa shape index (κ3) is 4.18. The Hall–Kier alpha value is -0.990. The molecule has 6 aliphatic rings. The lowest BCUT2D eigenvalue weighted by atomic mass is 9.34. The van der Waals surface area contributed by atoms with E-state index in [0.717, 1.165) is 64.2 Å². The van der Waals surface area contributed by atoms with Crippen LogP contribution in [0.1, 0.15) is 112 Å². The van der Waals surface area contributed by atoms with Gasteiger partial charge in [-0.3, -0.25) is 4.79 Å². The molecule has 0 amide bonds. The zero-order chi connectivity index (χ0) is 29.8. The van der Waals surface area contributed by atoms with Crippen molar-refractivity contribution in [2.45, 2.75) is 142 Å². The summed E-state index contributed by atoms with van der Waals surface area (Å²) in [7, 11) is 0. The van der Waals surface area contributed by atoms with Gasteiger partial charge in [0.2, 0.25) is 0 Å². The Balaban J connectivity index is 1.30. The molecule has 1 saturated heterocycles. The molecule has 0 bridgehead atoms. The van der Waals surface area contributed by atoms with Crippen molar-refractivity contribution in [1.29, 1.82) is 0 Å². The fourth-order valence-electron chi connectivity index (χ4n) is 11.5. The first-order chi connectivity index (χ1) is 19.0. The Bertz CT molecular complexity index is 1100. The molecule has 0 radical (unpaired) electrons. The van der Waals surface area contributed by atoms with Crippen molar-refractivity contribution in [3.05, 3.63) is 11.6 Å². The average molecular weight is 575 g/mol. The Morgan fingerprint density at radius 1 is 0.927 bits per heavy atom. The van der Waals surface area contributed by atoms with E-state index in [1.165, 1.54) is 5.57 Å². The van der Waals surface area contributed by atoms with Crippen LogP contribution in [0.3, 0.4) is 0 Å². The summed E-state index contributed by atoms with van der Waals surface area (Å²) in [5.74, 6) is -0.0313. The van der Waals surface area contributed by atoms with Gasteiger partial charge in [0.25, 0.3) is 0 Å². The van der Waals surface area contributed by atoms with Crippen LogP contribution in [0, 0.1) is 44.8 Å². The molecule has 4 saturated carbocycles. The molecule has 5 aliphatic carbocycles. The molecule has 6 rings (SSSR count). The van der Waals surface area contributed by atoms with Crippen molar-refractivity contribution in [2.24, 2.45) is 44.8 Å². The Kier molecular flexibility index (Phi) is 6.97. The van der Waals surface area contributed by atoms with Crippen LogP contribution in [0.4, 0.5) is 0 Å². The lowest BCUT2D eigenvalue weighted by molar-refractivity contribution is -0.293. The number of fused-ring (bicyclic) bond motifs is 7. The molecule has 0 spiro atoms. The highest BCUT2D eigenvalue weighted by Gasteiger charge is 2.70. The largest absolute Gasteiger partial charge is 0.481 e. The summed E-state index contributed by atoms with van der Waals surface area (Å²) >= 11 is 0. The molecule has 12 atom stereocenters. The summed E-state index contributed by atoms with van der Waals surface area (Å²) < 4.78 is 12.0. The smallest absolute Gasteiger partial charge is 0.310 e. The van der Waals surface area contributed by atoms with E-state index in [0.29, 0.717) is 5.92 Å². The topological polar surface area (TPSA) is 116 Å².